The van der Waals surface area contributed by atoms with E-state index in [-0.39, 0.29) is 11.5 Å². The molecule has 0 radical (unpaired) electrons. The van der Waals surface area contributed by atoms with E-state index in [2.05, 4.69) is 0 Å². The van der Waals surface area contributed by atoms with E-state index in [1.54, 1.807) is 18.1 Å². The van der Waals surface area contributed by atoms with E-state index < -0.39 is 34.5 Å². The van der Waals surface area contributed by atoms with Gasteiger partial charge in [-0.15, -0.1) is 0 Å². The number of aryl methyl sites for hydroxylation is 1. The normalized spacial score (nSPS) is 21.0. The lowest BCUT2D eigenvalue weighted by molar-refractivity contribution is 0.00578. The smallest absolute Gasteiger partial charge is 0.400 e. The van der Waals surface area contributed by atoms with Gasteiger partial charge in [0.2, 0.25) is 0 Å². The molecule has 2 rings (SSSR count). The maximum atomic E-state index is 12.1. The monoisotopic (exact) mass is 368 g/mol. The average Bonchev–Trinajstić information content (AvgIpc) is 2.71. The van der Waals surface area contributed by atoms with Crippen molar-refractivity contribution < 1.29 is 27.0 Å². The lowest BCUT2D eigenvalue weighted by atomic mass is 9.89. The molecule has 1 aliphatic heterocycles. The molecule has 1 saturated heterocycles. The molecule has 0 aliphatic carbocycles. The van der Waals surface area contributed by atoms with Crippen LogP contribution >= 0.6 is 0 Å². The van der Waals surface area contributed by atoms with Crippen molar-refractivity contribution in [3.8, 4) is 0 Å². The summed E-state index contributed by atoms with van der Waals surface area (Å²) < 4.78 is 40.6. The first kappa shape index (κ1) is 20.1. The Bertz CT molecular complexity index is 708. The Morgan fingerprint density at radius 3 is 2.20 bits per heavy atom. The summed E-state index contributed by atoms with van der Waals surface area (Å²) in [5.41, 5.74) is 0.000514. The number of benzene rings is 1. The van der Waals surface area contributed by atoms with Gasteiger partial charge in [-0.25, -0.2) is 0 Å². The van der Waals surface area contributed by atoms with Crippen molar-refractivity contribution in [2.75, 3.05) is 6.61 Å². The fourth-order valence-corrected chi connectivity index (χ4v) is 3.10. The summed E-state index contributed by atoms with van der Waals surface area (Å²) in [6, 6.07) is 6.31. The Balaban J connectivity index is 1.90. The average molecular weight is 368 g/mol. The van der Waals surface area contributed by atoms with Crippen molar-refractivity contribution in [2.24, 2.45) is 0 Å². The van der Waals surface area contributed by atoms with Gasteiger partial charge in [-0.05, 0) is 46.8 Å². The maximum absolute atomic E-state index is 12.1. The van der Waals surface area contributed by atoms with Crippen LogP contribution in [0.1, 0.15) is 33.3 Å². The Morgan fingerprint density at radius 2 is 1.68 bits per heavy atom. The second kappa shape index (κ2) is 7.21. The van der Waals surface area contributed by atoms with E-state index in [0.29, 0.717) is 0 Å². The van der Waals surface area contributed by atoms with Gasteiger partial charge in [-0.2, -0.15) is 8.42 Å². The second-order valence-corrected chi connectivity index (χ2v) is 8.74. The van der Waals surface area contributed by atoms with Crippen LogP contribution in [-0.2, 0) is 23.6 Å². The highest BCUT2D eigenvalue weighted by atomic mass is 32.2. The molecule has 1 aliphatic rings. The minimum atomic E-state index is -3.90. The summed E-state index contributed by atoms with van der Waals surface area (Å²) in [7, 11) is -4.51. The molecule has 1 aromatic carbocycles. The molecule has 1 atom stereocenters. The van der Waals surface area contributed by atoms with Crippen LogP contribution in [0, 0.1) is 6.92 Å². The van der Waals surface area contributed by atoms with Gasteiger partial charge in [0.15, 0.2) is 0 Å². The second-order valence-electron chi connectivity index (χ2n) is 7.13. The fraction of sp³-hybridized carbons (Fsp3) is 0.529. The van der Waals surface area contributed by atoms with Gasteiger partial charge in [0.25, 0.3) is 10.1 Å². The molecule has 0 spiro atoms. The van der Waals surface area contributed by atoms with Gasteiger partial charge in [0.05, 0.1) is 28.8 Å². The Hall–Kier alpha value is -1.19. The van der Waals surface area contributed by atoms with Crippen molar-refractivity contribution in [3.05, 3.63) is 41.9 Å². The third-order valence-corrected chi connectivity index (χ3v) is 5.76. The largest absolute Gasteiger partial charge is 0.486 e. The van der Waals surface area contributed by atoms with Crippen LogP contribution in [0.25, 0.3) is 0 Å². The van der Waals surface area contributed by atoms with Crippen molar-refractivity contribution >= 4 is 17.2 Å². The van der Waals surface area contributed by atoms with Crippen molar-refractivity contribution in [1.82, 2.24) is 0 Å². The van der Waals surface area contributed by atoms with Crippen molar-refractivity contribution in [1.29, 1.82) is 0 Å². The molecule has 0 saturated carbocycles. The summed E-state index contributed by atoms with van der Waals surface area (Å²) in [5.74, 6) is 1.56. The van der Waals surface area contributed by atoms with E-state index in [1.165, 1.54) is 18.2 Å². The van der Waals surface area contributed by atoms with Gasteiger partial charge in [0.1, 0.15) is 0 Å². The topological polar surface area (TPSA) is 82.1 Å². The Kier molecular flexibility index (Phi) is 5.80. The molecule has 1 N–H and O–H groups in total. The third-order valence-electron chi connectivity index (χ3n) is 4.47. The first-order chi connectivity index (χ1) is 11.4. The van der Waals surface area contributed by atoms with Gasteiger partial charge in [-0.3, -0.25) is 4.18 Å². The highest BCUT2D eigenvalue weighted by Gasteiger charge is 2.50. The molecule has 25 heavy (non-hydrogen) atoms. The van der Waals surface area contributed by atoms with Gasteiger partial charge < -0.3 is 14.4 Å². The molecule has 0 aromatic heterocycles. The number of aliphatic hydroxyl groups excluding tert-OH is 1. The van der Waals surface area contributed by atoms with Crippen molar-refractivity contribution in [3.63, 3.8) is 0 Å². The SMILES string of the molecule is Cc1ccc(S(=O)(=O)OC[C@@H](O)/C=C/B2OC(C)(C)C(C)(C)O2)cc1. The number of aliphatic hydroxyl groups is 1. The molecule has 8 heteroatoms. The maximum Gasteiger partial charge on any atom is 0.486 e. The third kappa shape index (κ3) is 4.92. The number of rotatable bonds is 6. The zero-order valence-corrected chi connectivity index (χ0v) is 16.0. The van der Waals surface area contributed by atoms with Crippen LogP contribution in [0.15, 0.2) is 41.2 Å². The summed E-state index contributed by atoms with van der Waals surface area (Å²) in [6.07, 6.45) is 0.312. The van der Waals surface area contributed by atoms with Gasteiger partial charge in [-0.1, -0.05) is 29.7 Å². The lowest BCUT2D eigenvalue weighted by Gasteiger charge is -2.32. The van der Waals surface area contributed by atoms with Crippen LogP contribution < -0.4 is 0 Å². The summed E-state index contributed by atoms with van der Waals surface area (Å²) >= 11 is 0. The zero-order valence-electron chi connectivity index (χ0n) is 15.2. The summed E-state index contributed by atoms with van der Waals surface area (Å²) in [6.45, 7) is 9.18. The predicted molar refractivity (Wildman–Crippen MR) is 95.5 cm³/mol. The van der Waals surface area contributed by atoms with Gasteiger partial charge in [0, 0.05) is 0 Å². The Morgan fingerprint density at radius 1 is 1.16 bits per heavy atom. The fourth-order valence-electron chi connectivity index (χ4n) is 2.17. The van der Waals surface area contributed by atoms with Crippen LogP contribution in [-0.4, -0.2) is 44.6 Å². The predicted octanol–water partition coefficient (Wildman–Crippen LogP) is 2.25. The lowest BCUT2D eigenvalue weighted by Crippen LogP contribution is -2.41. The standard InChI is InChI=1S/C17H25BO6S/c1-13-6-8-15(9-7-13)25(20,21)22-12-14(19)10-11-18-23-16(2,3)17(4,5)24-18/h6-11,14,19H,12H2,1-5H3/b11-10+/t14-/m0/s1. The molecular formula is C17H25BO6S. The van der Waals surface area contributed by atoms with Gasteiger partial charge >= 0.3 is 7.12 Å². The van der Waals surface area contributed by atoms with Crippen LogP contribution in [0.4, 0.5) is 0 Å². The highest BCUT2D eigenvalue weighted by Crippen LogP contribution is 2.36. The minimum absolute atomic E-state index is 0.0558. The Labute approximate surface area is 150 Å². The molecule has 1 fully saturated rings. The van der Waals surface area contributed by atoms with E-state index in [9.17, 15) is 13.5 Å². The van der Waals surface area contributed by atoms with E-state index in [4.69, 9.17) is 13.5 Å². The molecule has 0 amide bonds. The molecule has 138 valence electrons. The zero-order chi connectivity index (χ0) is 18.9. The molecular weight excluding hydrogens is 343 g/mol. The highest BCUT2D eigenvalue weighted by molar-refractivity contribution is 7.86. The quantitative estimate of drug-likeness (QED) is 0.613. The molecule has 0 unspecified atom stereocenters. The summed E-state index contributed by atoms with van der Waals surface area (Å²) in [4.78, 5) is 0.0558. The van der Waals surface area contributed by atoms with E-state index in [0.717, 1.165) is 5.56 Å². The molecule has 1 heterocycles. The molecule has 6 nitrogen and oxygen atoms in total. The van der Waals surface area contributed by atoms with E-state index in [1.807, 2.05) is 34.6 Å². The van der Waals surface area contributed by atoms with Crippen LogP contribution in [0.2, 0.25) is 0 Å². The van der Waals surface area contributed by atoms with E-state index >= 15 is 0 Å². The number of hydrogen-bond acceptors (Lipinski definition) is 6. The minimum Gasteiger partial charge on any atom is -0.400 e. The van der Waals surface area contributed by atoms with Crippen LogP contribution in [0.3, 0.4) is 0 Å². The first-order valence-corrected chi connectivity index (χ1v) is 9.52. The van der Waals surface area contributed by atoms with Crippen molar-refractivity contribution in [2.45, 2.75) is 56.8 Å². The first-order valence-electron chi connectivity index (χ1n) is 8.11. The van der Waals surface area contributed by atoms with Crippen LogP contribution in [0.5, 0.6) is 0 Å². The molecule has 1 aromatic rings. The number of hydrogen-bond donors (Lipinski definition) is 1. The molecule has 0 bridgehead atoms. The summed E-state index contributed by atoms with van der Waals surface area (Å²) in [5, 5.41) is 9.94.